The van der Waals surface area contributed by atoms with Gasteiger partial charge in [0.05, 0.1) is 32.9 Å². The van der Waals surface area contributed by atoms with E-state index in [0.29, 0.717) is 17.2 Å². The molecule has 1 atom stereocenters. The van der Waals surface area contributed by atoms with Gasteiger partial charge in [0.15, 0.2) is 18.1 Å². The molecule has 0 spiro atoms. The van der Waals surface area contributed by atoms with E-state index in [-0.39, 0.29) is 18.2 Å². The summed E-state index contributed by atoms with van der Waals surface area (Å²) in [5.74, 6) is 0.578. The molecule has 1 N–H and O–H groups in total. The number of hydrogen-bond donors (Lipinski definition) is 1. The molecule has 0 unspecified atom stereocenters. The number of amides is 1. The van der Waals surface area contributed by atoms with E-state index in [1.807, 2.05) is 31.2 Å². The SMILES string of the molecule is COc1cccc([C@@H](C)NC(=O)COC(=O)c2ccc(OC)c(OC)c2)c1. The van der Waals surface area contributed by atoms with Crippen molar-refractivity contribution in [1.82, 2.24) is 5.32 Å². The maximum atomic E-state index is 12.1. The summed E-state index contributed by atoms with van der Waals surface area (Å²) < 4.78 is 20.5. The van der Waals surface area contributed by atoms with Gasteiger partial charge in [0, 0.05) is 0 Å². The van der Waals surface area contributed by atoms with E-state index in [0.717, 1.165) is 5.56 Å². The van der Waals surface area contributed by atoms with Gasteiger partial charge in [-0.3, -0.25) is 4.79 Å². The van der Waals surface area contributed by atoms with Crippen LogP contribution in [0.3, 0.4) is 0 Å². The molecule has 0 aliphatic carbocycles. The van der Waals surface area contributed by atoms with E-state index in [1.54, 1.807) is 19.2 Å². The van der Waals surface area contributed by atoms with Gasteiger partial charge in [-0.25, -0.2) is 4.79 Å². The molecule has 0 aromatic heterocycles. The van der Waals surface area contributed by atoms with Crippen molar-refractivity contribution >= 4 is 11.9 Å². The second kappa shape index (κ2) is 9.47. The van der Waals surface area contributed by atoms with Crippen molar-refractivity contribution in [2.24, 2.45) is 0 Å². The third-order valence-electron chi connectivity index (χ3n) is 3.92. The molecule has 0 aliphatic heterocycles. The normalized spacial score (nSPS) is 11.3. The first-order valence-electron chi connectivity index (χ1n) is 8.31. The minimum Gasteiger partial charge on any atom is -0.497 e. The standard InChI is InChI=1S/C20H23NO6/c1-13(14-6-5-7-16(10-14)24-2)21-19(22)12-27-20(23)15-8-9-17(25-3)18(11-15)26-4/h5-11,13H,12H2,1-4H3,(H,21,22)/t13-/m1/s1. The summed E-state index contributed by atoms with van der Waals surface area (Å²) in [7, 11) is 4.56. The van der Waals surface area contributed by atoms with Crippen molar-refractivity contribution in [3.63, 3.8) is 0 Å². The summed E-state index contributed by atoms with van der Waals surface area (Å²) in [6, 6.07) is 11.8. The van der Waals surface area contributed by atoms with E-state index >= 15 is 0 Å². The molecule has 0 radical (unpaired) electrons. The molecule has 7 nitrogen and oxygen atoms in total. The molecule has 7 heteroatoms. The van der Waals surface area contributed by atoms with Crippen LogP contribution in [0.2, 0.25) is 0 Å². The van der Waals surface area contributed by atoms with Crippen LogP contribution >= 0.6 is 0 Å². The highest BCUT2D eigenvalue weighted by molar-refractivity contribution is 5.92. The van der Waals surface area contributed by atoms with Gasteiger partial charge in [0.25, 0.3) is 5.91 Å². The van der Waals surface area contributed by atoms with Crippen LogP contribution in [-0.4, -0.2) is 39.8 Å². The molecule has 27 heavy (non-hydrogen) atoms. The number of esters is 1. The Hall–Kier alpha value is -3.22. The van der Waals surface area contributed by atoms with Crippen molar-refractivity contribution in [2.75, 3.05) is 27.9 Å². The van der Waals surface area contributed by atoms with Crippen LogP contribution < -0.4 is 19.5 Å². The third-order valence-corrected chi connectivity index (χ3v) is 3.92. The van der Waals surface area contributed by atoms with E-state index in [9.17, 15) is 9.59 Å². The van der Waals surface area contributed by atoms with Gasteiger partial charge in [-0.2, -0.15) is 0 Å². The lowest BCUT2D eigenvalue weighted by Gasteiger charge is -2.15. The number of nitrogens with one attached hydrogen (secondary N) is 1. The highest BCUT2D eigenvalue weighted by Crippen LogP contribution is 2.27. The number of methoxy groups -OCH3 is 3. The Kier molecular flexibility index (Phi) is 7.05. The smallest absolute Gasteiger partial charge is 0.338 e. The Morgan fingerprint density at radius 1 is 0.963 bits per heavy atom. The van der Waals surface area contributed by atoms with Gasteiger partial charge < -0.3 is 24.3 Å². The lowest BCUT2D eigenvalue weighted by atomic mass is 10.1. The van der Waals surface area contributed by atoms with E-state index < -0.39 is 11.9 Å². The van der Waals surface area contributed by atoms with Gasteiger partial charge in [-0.05, 0) is 42.8 Å². The number of carbonyl (C=O) groups is 2. The zero-order chi connectivity index (χ0) is 19.8. The number of benzene rings is 2. The average molecular weight is 373 g/mol. The molecule has 2 aromatic rings. The van der Waals surface area contributed by atoms with Crippen LogP contribution in [0.5, 0.6) is 17.2 Å². The van der Waals surface area contributed by atoms with Crippen LogP contribution in [-0.2, 0) is 9.53 Å². The first kappa shape index (κ1) is 20.1. The van der Waals surface area contributed by atoms with Crippen LogP contribution in [0, 0.1) is 0 Å². The molecule has 2 rings (SSSR count). The van der Waals surface area contributed by atoms with Crippen LogP contribution in [0.4, 0.5) is 0 Å². The van der Waals surface area contributed by atoms with Crippen LogP contribution in [0.25, 0.3) is 0 Å². The molecule has 0 fully saturated rings. The minimum atomic E-state index is -0.625. The second-order valence-corrected chi connectivity index (χ2v) is 5.71. The van der Waals surface area contributed by atoms with E-state index in [4.69, 9.17) is 18.9 Å². The maximum Gasteiger partial charge on any atom is 0.338 e. The average Bonchev–Trinajstić information content (AvgIpc) is 2.71. The number of carbonyl (C=O) groups excluding carboxylic acids is 2. The molecule has 0 heterocycles. The largest absolute Gasteiger partial charge is 0.497 e. The summed E-state index contributed by atoms with van der Waals surface area (Å²) in [4.78, 5) is 24.2. The molecular formula is C20H23NO6. The fourth-order valence-electron chi connectivity index (χ4n) is 2.45. The topological polar surface area (TPSA) is 83.1 Å². The minimum absolute atomic E-state index is 0.257. The first-order valence-corrected chi connectivity index (χ1v) is 8.31. The quantitative estimate of drug-likeness (QED) is 0.717. The highest BCUT2D eigenvalue weighted by Gasteiger charge is 2.15. The summed E-state index contributed by atoms with van der Waals surface area (Å²) in [6.45, 7) is 1.45. The number of ether oxygens (including phenoxy) is 4. The van der Waals surface area contributed by atoms with Crippen molar-refractivity contribution in [3.05, 3.63) is 53.6 Å². The second-order valence-electron chi connectivity index (χ2n) is 5.71. The third kappa shape index (κ3) is 5.37. The van der Waals surface area contributed by atoms with E-state index in [1.165, 1.54) is 20.3 Å². The zero-order valence-corrected chi connectivity index (χ0v) is 15.8. The Balaban J connectivity index is 1.91. The molecule has 0 saturated heterocycles. The van der Waals surface area contributed by atoms with Crippen LogP contribution in [0.1, 0.15) is 28.9 Å². The van der Waals surface area contributed by atoms with Gasteiger partial charge in [-0.15, -0.1) is 0 Å². The Labute approximate surface area is 158 Å². The summed E-state index contributed by atoms with van der Waals surface area (Å²) in [5, 5.41) is 2.78. The van der Waals surface area contributed by atoms with Gasteiger partial charge in [-0.1, -0.05) is 12.1 Å². The molecule has 2 aromatic carbocycles. The van der Waals surface area contributed by atoms with Crippen molar-refractivity contribution in [2.45, 2.75) is 13.0 Å². The highest BCUT2D eigenvalue weighted by atomic mass is 16.5. The van der Waals surface area contributed by atoms with Gasteiger partial charge in [0.1, 0.15) is 5.75 Å². The summed E-state index contributed by atoms with van der Waals surface area (Å²) >= 11 is 0. The molecule has 144 valence electrons. The lowest BCUT2D eigenvalue weighted by Crippen LogP contribution is -2.31. The molecule has 0 aliphatic rings. The lowest BCUT2D eigenvalue weighted by molar-refractivity contribution is -0.124. The zero-order valence-electron chi connectivity index (χ0n) is 15.8. The predicted molar refractivity (Wildman–Crippen MR) is 99.4 cm³/mol. The fourth-order valence-corrected chi connectivity index (χ4v) is 2.45. The summed E-state index contributed by atoms with van der Waals surface area (Å²) in [5.41, 5.74) is 1.15. The first-order chi connectivity index (χ1) is 13.0. The molecule has 1 amide bonds. The van der Waals surface area contributed by atoms with Crippen molar-refractivity contribution < 1.29 is 28.5 Å². The maximum absolute atomic E-state index is 12.1. The Morgan fingerprint density at radius 2 is 1.70 bits per heavy atom. The Bertz CT molecular complexity index is 805. The number of hydrogen-bond acceptors (Lipinski definition) is 6. The number of rotatable bonds is 8. The predicted octanol–water partition coefficient (Wildman–Crippen LogP) is 2.75. The molecule has 0 saturated carbocycles. The Morgan fingerprint density at radius 3 is 2.37 bits per heavy atom. The summed E-state index contributed by atoms with van der Waals surface area (Å²) in [6.07, 6.45) is 0. The monoisotopic (exact) mass is 373 g/mol. The van der Waals surface area contributed by atoms with Gasteiger partial charge >= 0.3 is 5.97 Å². The molecule has 0 bridgehead atoms. The molecular weight excluding hydrogens is 350 g/mol. The van der Waals surface area contributed by atoms with Crippen LogP contribution in [0.15, 0.2) is 42.5 Å². The van der Waals surface area contributed by atoms with Gasteiger partial charge in [0.2, 0.25) is 0 Å². The van der Waals surface area contributed by atoms with E-state index in [2.05, 4.69) is 5.32 Å². The van der Waals surface area contributed by atoms with Crippen molar-refractivity contribution in [1.29, 1.82) is 0 Å². The fraction of sp³-hybridized carbons (Fsp3) is 0.300. The van der Waals surface area contributed by atoms with Crippen molar-refractivity contribution in [3.8, 4) is 17.2 Å².